The van der Waals surface area contributed by atoms with E-state index in [-0.39, 0.29) is 5.56 Å². The SMILES string of the molecule is CCOc1ccc(C(=O)N(CC(F)(F)F)C2CCOCC2)cc1. The van der Waals surface area contributed by atoms with Crippen LogP contribution in [0, 0.1) is 0 Å². The first-order chi connectivity index (χ1) is 10.9. The molecule has 128 valence electrons. The van der Waals surface area contributed by atoms with Gasteiger partial charge in [-0.15, -0.1) is 0 Å². The molecule has 1 aromatic carbocycles. The molecule has 0 spiro atoms. The molecule has 1 heterocycles. The Bertz CT molecular complexity index is 510. The lowest BCUT2D eigenvalue weighted by Gasteiger charge is -2.34. The zero-order valence-corrected chi connectivity index (χ0v) is 12.9. The minimum Gasteiger partial charge on any atom is -0.494 e. The van der Waals surface area contributed by atoms with Gasteiger partial charge in [0, 0.05) is 24.8 Å². The number of carbonyl (C=O) groups excluding carboxylic acids is 1. The van der Waals surface area contributed by atoms with Crippen LogP contribution in [0.5, 0.6) is 5.75 Å². The standard InChI is InChI=1S/C16H20F3NO3/c1-2-23-14-5-3-12(4-6-14)15(21)20(11-16(17,18)19)13-7-9-22-10-8-13/h3-6,13H,2,7-11H2,1H3. The van der Waals surface area contributed by atoms with Crippen molar-refractivity contribution in [1.82, 2.24) is 4.90 Å². The number of halogens is 3. The molecule has 4 nitrogen and oxygen atoms in total. The summed E-state index contributed by atoms with van der Waals surface area (Å²) in [6, 6.07) is 5.72. The number of nitrogens with zero attached hydrogens (tertiary/aromatic N) is 1. The predicted octanol–water partition coefficient (Wildman–Crippen LogP) is 3.27. The molecular formula is C16H20F3NO3. The molecule has 1 aliphatic rings. The average Bonchev–Trinajstić information content (AvgIpc) is 2.53. The van der Waals surface area contributed by atoms with Crippen molar-refractivity contribution in [3.8, 4) is 5.75 Å². The van der Waals surface area contributed by atoms with Gasteiger partial charge in [-0.2, -0.15) is 13.2 Å². The fourth-order valence-electron chi connectivity index (χ4n) is 2.58. The largest absolute Gasteiger partial charge is 0.494 e. The van der Waals surface area contributed by atoms with Gasteiger partial charge in [0.2, 0.25) is 0 Å². The van der Waals surface area contributed by atoms with E-state index in [4.69, 9.17) is 9.47 Å². The molecule has 23 heavy (non-hydrogen) atoms. The molecule has 1 aliphatic heterocycles. The summed E-state index contributed by atoms with van der Waals surface area (Å²) in [6.45, 7) is 1.81. The second kappa shape index (κ2) is 7.68. The van der Waals surface area contributed by atoms with Gasteiger partial charge in [0.15, 0.2) is 0 Å². The lowest BCUT2D eigenvalue weighted by Crippen LogP contribution is -2.47. The zero-order valence-electron chi connectivity index (χ0n) is 12.9. The van der Waals surface area contributed by atoms with Crippen LogP contribution in [0.25, 0.3) is 0 Å². The number of hydrogen-bond donors (Lipinski definition) is 0. The molecule has 0 saturated carbocycles. The Morgan fingerprint density at radius 3 is 2.39 bits per heavy atom. The number of hydrogen-bond acceptors (Lipinski definition) is 3. The molecule has 0 aromatic heterocycles. The summed E-state index contributed by atoms with van der Waals surface area (Å²) < 4.78 is 49.0. The summed E-state index contributed by atoms with van der Waals surface area (Å²) in [5.74, 6) is -0.0326. The molecule has 2 rings (SSSR count). The van der Waals surface area contributed by atoms with Gasteiger partial charge in [-0.3, -0.25) is 4.79 Å². The maximum atomic E-state index is 12.9. The van der Waals surface area contributed by atoms with E-state index in [9.17, 15) is 18.0 Å². The van der Waals surface area contributed by atoms with Gasteiger partial charge >= 0.3 is 6.18 Å². The van der Waals surface area contributed by atoms with Gasteiger partial charge < -0.3 is 14.4 Å². The molecule has 1 aromatic rings. The maximum absolute atomic E-state index is 12.9. The summed E-state index contributed by atoms with van der Waals surface area (Å²) in [6.07, 6.45) is -3.60. The second-order valence-corrected chi connectivity index (χ2v) is 5.35. The number of amides is 1. The highest BCUT2D eigenvalue weighted by atomic mass is 19.4. The van der Waals surface area contributed by atoms with E-state index >= 15 is 0 Å². The molecule has 0 bridgehead atoms. The molecule has 0 unspecified atom stereocenters. The highest BCUT2D eigenvalue weighted by molar-refractivity contribution is 5.94. The van der Waals surface area contributed by atoms with Crippen molar-refractivity contribution < 1.29 is 27.4 Å². The van der Waals surface area contributed by atoms with Crippen LogP contribution >= 0.6 is 0 Å². The van der Waals surface area contributed by atoms with Gasteiger partial charge in [-0.1, -0.05) is 0 Å². The topological polar surface area (TPSA) is 38.8 Å². The third-order valence-electron chi connectivity index (χ3n) is 3.65. The molecule has 1 saturated heterocycles. The summed E-state index contributed by atoms with van der Waals surface area (Å²) in [7, 11) is 0. The van der Waals surface area contributed by atoms with Crippen molar-refractivity contribution in [2.45, 2.75) is 32.0 Å². The first-order valence-corrected chi connectivity index (χ1v) is 7.59. The number of alkyl halides is 3. The number of benzene rings is 1. The molecule has 0 atom stereocenters. The van der Waals surface area contributed by atoms with E-state index in [1.807, 2.05) is 6.92 Å². The van der Waals surface area contributed by atoms with Crippen LogP contribution in [-0.4, -0.2) is 49.4 Å². The first kappa shape index (κ1) is 17.6. The zero-order chi connectivity index (χ0) is 16.9. The number of ether oxygens (including phenoxy) is 2. The predicted molar refractivity (Wildman–Crippen MR) is 78.5 cm³/mol. The maximum Gasteiger partial charge on any atom is 0.406 e. The van der Waals surface area contributed by atoms with E-state index in [1.165, 1.54) is 12.1 Å². The normalized spacial score (nSPS) is 16.2. The lowest BCUT2D eigenvalue weighted by molar-refractivity contribution is -0.147. The molecule has 1 fully saturated rings. The van der Waals surface area contributed by atoms with Gasteiger partial charge in [-0.25, -0.2) is 0 Å². The Morgan fingerprint density at radius 2 is 1.87 bits per heavy atom. The fraction of sp³-hybridized carbons (Fsp3) is 0.562. The van der Waals surface area contributed by atoms with E-state index in [0.717, 1.165) is 4.90 Å². The van der Waals surface area contributed by atoms with E-state index < -0.39 is 24.7 Å². The van der Waals surface area contributed by atoms with E-state index in [2.05, 4.69) is 0 Å². The van der Waals surface area contributed by atoms with Crippen LogP contribution in [-0.2, 0) is 4.74 Å². The Morgan fingerprint density at radius 1 is 1.26 bits per heavy atom. The Labute approximate surface area is 133 Å². The van der Waals surface area contributed by atoms with Gasteiger partial charge in [0.1, 0.15) is 12.3 Å². The number of rotatable bonds is 5. The first-order valence-electron chi connectivity index (χ1n) is 7.59. The molecule has 1 amide bonds. The summed E-state index contributed by atoms with van der Waals surface area (Å²) in [5.41, 5.74) is 0.226. The third kappa shape index (κ3) is 5.13. The van der Waals surface area contributed by atoms with Crippen molar-refractivity contribution in [3.63, 3.8) is 0 Å². The van der Waals surface area contributed by atoms with Gasteiger partial charge in [0.25, 0.3) is 5.91 Å². The van der Waals surface area contributed by atoms with Crippen LogP contribution in [0.15, 0.2) is 24.3 Å². The fourth-order valence-corrected chi connectivity index (χ4v) is 2.58. The molecule has 0 radical (unpaired) electrons. The highest BCUT2D eigenvalue weighted by Gasteiger charge is 2.37. The van der Waals surface area contributed by atoms with Crippen molar-refractivity contribution in [2.24, 2.45) is 0 Å². The van der Waals surface area contributed by atoms with Crippen molar-refractivity contribution in [3.05, 3.63) is 29.8 Å². The highest BCUT2D eigenvalue weighted by Crippen LogP contribution is 2.24. The molecule has 0 N–H and O–H groups in total. The molecule has 0 aliphatic carbocycles. The number of carbonyl (C=O) groups is 1. The minimum atomic E-state index is -4.43. The average molecular weight is 331 g/mol. The third-order valence-corrected chi connectivity index (χ3v) is 3.65. The van der Waals surface area contributed by atoms with Crippen LogP contribution in [0.1, 0.15) is 30.1 Å². The van der Waals surface area contributed by atoms with Crippen LogP contribution in [0.2, 0.25) is 0 Å². The van der Waals surface area contributed by atoms with Gasteiger partial charge in [-0.05, 0) is 44.0 Å². The van der Waals surface area contributed by atoms with Crippen LogP contribution in [0.4, 0.5) is 13.2 Å². The van der Waals surface area contributed by atoms with Crippen molar-refractivity contribution in [1.29, 1.82) is 0 Å². The quantitative estimate of drug-likeness (QED) is 0.831. The lowest BCUT2D eigenvalue weighted by atomic mass is 10.1. The van der Waals surface area contributed by atoms with E-state index in [0.29, 0.717) is 38.4 Å². The summed E-state index contributed by atoms with van der Waals surface area (Å²) >= 11 is 0. The Balaban J connectivity index is 2.17. The van der Waals surface area contributed by atoms with E-state index in [1.54, 1.807) is 12.1 Å². The van der Waals surface area contributed by atoms with Gasteiger partial charge in [0.05, 0.1) is 6.61 Å². The van der Waals surface area contributed by atoms with Crippen LogP contribution < -0.4 is 4.74 Å². The Kier molecular flexibility index (Phi) is 5.87. The van der Waals surface area contributed by atoms with Crippen molar-refractivity contribution >= 4 is 5.91 Å². The smallest absolute Gasteiger partial charge is 0.406 e. The minimum absolute atomic E-state index is 0.226. The Hall–Kier alpha value is -1.76. The summed E-state index contributed by atoms with van der Waals surface area (Å²) in [4.78, 5) is 13.5. The van der Waals surface area contributed by atoms with Crippen LogP contribution in [0.3, 0.4) is 0 Å². The molecule has 7 heteroatoms. The second-order valence-electron chi connectivity index (χ2n) is 5.35. The summed E-state index contributed by atoms with van der Waals surface area (Å²) in [5, 5.41) is 0. The van der Waals surface area contributed by atoms with Crippen molar-refractivity contribution in [2.75, 3.05) is 26.4 Å². The molecular weight excluding hydrogens is 311 g/mol. The monoisotopic (exact) mass is 331 g/mol.